The average molecular weight is 287 g/mol. The van der Waals surface area contributed by atoms with Crippen molar-refractivity contribution in [3.05, 3.63) is 11.9 Å². The molecule has 0 spiro atoms. The molecule has 1 heterocycles. The van der Waals surface area contributed by atoms with E-state index in [2.05, 4.69) is 25.4 Å². The standard InChI is InChI=1S/C10H17N5O3S/c1-19(17,18)12-5-7-3-2-4-8(7)13-10(16)9-6-11-15-14-9/h6-8,12H,2-5H2,1H3,(H,13,16)(H,11,14,15). The van der Waals surface area contributed by atoms with Crippen LogP contribution in [0.15, 0.2) is 6.20 Å². The molecule has 1 amide bonds. The van der Waals surface area contributed by atoms with Crippen LogP contribution < -0.4 is 10.0 Å². The molecule has 3 N–H and O–H groups in total. The topological polar surface area (TPSA) is 117 Å². The van der Waals surface area contributed by atoms with Crippen LogP contribution in [0.1, 0.15) is 29.8 Å². The second-order valence-electron chi connectivity index (χ2n) is 4.75. The van der Waals surface area contributed by atoms with Crippen molar-refractivity contribution in [2.75, 3.05) is 12.8 Å². The van der Waals surface area contributed by atoms with Gasteiger partial charge in [0.2, 0.25) is 10.0 Å². The molecule has 1 aliphatic rings. The molecule has 8 nitrogen and oxygen atoms in total. The minimum Gasteiger partial charge on any atom is -0.348 e. The molecule has 0 aliphatic heterocycles. The largest absolute Gasteiger partial charge is 0.348 e. The van der Waals surface area contributed by atoms with Crippen LogP contribution in [0.3, 0.4) is 0 Å². The quantitative estimate of drug-likeness (QED) is 0.659. The second kappa shape index (κ2) is 5.66. The number of H-pyrrole nitrogens is 1. The highest BCUT2D eigenvalue weighted by Crippen LogP contribution is 2.25. The van der Waals surface area contributed by atoms with Gasteiger partial charge in [0.1, 0.15) is 0 Å². The van der Waals surface area contributed by atoms with Crippen molar-refractivity contribution in [3.63, 3.8) is 0 Å². The summed E-state index contributed by atoms with van der Waals surface area (Å²) in [6.07, 6.45) is 5.20. The number of amides is 1. The molecule has 2 unspecified atom stereocenters. The lowest BCUT2D eigenvalue weighted by molar-refractivity contribution is 0.0923. The maximum atomic E-state index is 11.8. The molecule has 1 aromatic heterocycles. The first-order valence-electron chi connectivity index (χ1n) is 6.07. The van der Waals surface area contributed by atoms with Crippen LogP contribution >= 0.6 is 0 Å². The van der Waals surface area contributed by atoms with Gasteiger partial charge in [-0.15, -0.1) is 0 Å². The Balaban J connectivity index is 1.90. The first kappa shape index (κ1) is 13.9. The minimum atomic E-state index is -3.20. The van der Waals surface area contributed by atoms with Crippen molar-refractivity contribution in [1.29, 1.82) is 0 Å². The Morgan fingerprint density at radius 2 is 2.32 bits per heavy atom. The zero-order valence-electron chi connectivity index (χ0n) is 10.6. The van der Waals surface area contributed by atoms with Crippen LogP contribution in [-0.2, 0) is 10.0 Å². The van der Waals surface area contributed by atoms with Crippen LogP contribution in [0, 0.1) is 5.92 Å². The number of aromatic nitrogens is 3. The average Bonchev–Trinajstić information content (AvgIpc) is 2.96. The summed E-state index contributed by atoms with van der Waals surface area (Å²) < 4.78 is 24.7. The first-order chi connectivity index (χ1) is 8.96. The molecule has 106 valence electrons. The lowest BCUT2D eigenvalue weighted by atomic mass is 10.0. The molecular formula is C10H17N5O3S. The summed E-state index contributed by atoms with van der Waals surface area (Å²) >= 11 is 0. The number of rotatable bonds is 5. The third-order valence-corrected chi connectivity index (χ3v) is 3.92. The van der Waals surface area contributed by atoms with Gasteiger partial charge < -0.3 is 5.32 Å². The van der Waals surface area contributed by atoms with E-state index in [0.29, 0.717) is 6.54 Å². The molecular weight excluding hydrogens is 270 g/mol. The van der Waals surface area contributed by atoms with Gasteiger partial charge in [-0.05, 0) is 18.8 Å². The summed E-state index contributed by atoms with van der Waals surface area (Å²) in [4.78, 5) is 11.8. The van der Waals surface area contributed by atoms with Crippen LogP contribution in [0.4, 0.5) is 0 Å². The SMILES string of the molecule is CS(=O)(=O)NCC1CCCC1NC(=O)c1cn[nH]n1. The minimum absolute atomic E-state index is 0.0292. The molecule has 0 aromatic carbocycles. The number of carbonyl (C=O) groups is 1. The van der Waals surface area contributed by atoms with Gasteiger partial charge in [0.05, 0.1) is 12.5 Å². The molecule has 0 bridgehead atoms. The second-order valence-corrected chi connectivity index (χ2v) is 6.58. The van der Waals surface area contributed by atoms with E-state index < -0.39 is 10.0 Å². The summed E-state index contributed by atoms with van der Waals surface area (Å²) in [5.41, 5.74) is 0.238. The van der Waals surface area contributed by atoms with E-state index in [9.17, 15) is 13.2 Å². The molecule has 1 fully saturated rings. The van der Waals surface area contributed by atoms with Crippen LogP contribution in [-0.4, -0.2) is 48.6 Å². The van der Waals surface area contributed by atoms with Crippen LogP contribution in [0.5, 0.6) is 0 Å². The van der Waals surface area contributed by atoms with Crippen molar-refractivity contribution < 1.29 is 13.2 Å². The molecule has 2 rings (SSSR count). The van der Waals surface area contributed by atoms with Crippen molar-refractivity contribution in [2.45, 2.75) is 25.3 Å². The monoisotopic (exact) mass is 287 g/mol. The summed E-state index contributed by atoms with van der Waals surface area (Å²) in [5.74, 6) is -0.171. The van der Waals surface area contributed by atoms with E-state index in [1.54, 1.807) is 0 Å². The summed E-state index contributed by atoms with van der Waals surface area (Å²) in [6.45, 7) is 0.350. The molecule has 19 heavy (non-hydrogen) atoms. The van der Waals surface area contributed by atoms with Gasteiger partial charge in [0, 0.05) is 12.6 Å². The third-order valence-electron chi connectivity index (χ3n) is 3.23. The number of hydrogen-bond acceptors (Lipinski definition) is 5. The maximum absolute atomic E-state index is 11.8. The first-order valence-corrected chi connectivity index (χ1v) is 7.96. The number of sulfonamides is 1. The van der Waals surface area contributed by atoms with Crippen molar-refractivity contribution in [2.24, 2.45) is 5.92 Å². The number of aromatic amines is 1. The molecule has 0 radical (unpaired) electrons. The molecule has 2 atom stereocenters. The van der Waals surface area contributed by atoms with E-state index in [1.165, 1.54) is 6.20 Å². The third kappa shape index (κ3) is 4.00. The predicted molar refractivity (Wildman–Crippen MR) is 67.8 cm³/mol. The van der Waals surface area contributed by atoms with Crippen LogP contribution in [0.25, 0.3) is 0 Å². The van der Waals surface area contributed by atoms with E-state index in [1.807, 2.05) is 0 Å². The van der Waals surface area contributed by atoms with Gasteiger partial charge in [0.25, 0.3) is 5.91 Å². The highest BCUT2D eigenvalue weighted by Gasteiger charge is 2.29. The molecule has 9 heteroatoms. The van der Waals surface area contributed by atoms with E-state index in [4.69, 9.17) is 0 Å². The Hall–Kier alpha value is -1.48. The van der Waals surface area contributed by atoms with Crippen molar-refractivity contribution in [3.8, 4) is 0 Å². The Morgan fingerprint density at radius 3 is 2.95 bits per heavy atom. The Labute approximate surface area is 111 Å². The molecule has 1 saturated carbocycles. The number of carbonyl (C=O) groups excluding carboxylic acids is 1. The normalized spacial score (nSPS) is 23.4. The Bertz CT molecular complexity index is 527. The van der Waals surface area contributed by atoms with Gasteiger partial charge in [-0.2, -0.15) is 15.4 Å². The fraction of sp³-hybridized carbons (Fsp3) is 0.700. The number of nitrogens with one attached hydrogen (secondary N) is 3. The lowest BCUT2D eigenvalue weighted by Gasteiger charge is -2.20. The number of hydrogen-bond donors (Lipinski definition) is 3. The molecule has 1 aliphatic carbocycles. The summed E-state index contributed by atoms with van der Waals surface area (Å²) in [6, 6.07) is -0.0292. The number of nitrogens with zero attached hydrogens (tertiary/aromatic N) is 2. The molecule has 0 saturated heterocycles. The van der Waals surface area contributed by atoms with E-state index >= 15 is 0 Å². The van der Waals surface area contributed by atoms with Crippen molar-refractivity contribution >= 4 is 15.9 Å². The zero-order valence-corrected chi connectivity index (χ0v) is 11.4. The highest BCUT2D eigenvalue weighted by atomic mass is 32.2. The maximum Gasteiger partial charge on any atom is 0.273 e. The van der Waals surface area contributed by atoms with Gasteiger partial charge in [-0.3, -0.25) is 4.79 Å². The smallest absolute Gasteiger partial charge is 0.273 e. The summed E-state index contributed by atoms with van der Waals surface area (Å²) in [7, 11) is -3.20. The Morgan fingerprint density at radius 1 is 1.53 bits per heavy atom. The zero-order chi connectivity index (χ0) is 13.9. The van der Waals surface area contributed by atoms with E-state index in [-0.39, 0.29) is 23.6 Å². The van der Waals surface area contributed by atoms with Gasteiger partial charge in [-0.1, -0.05) is 6.42 Å². The van der Waals surface area contributed by atoms with Crippen LogP contribution in [0.2, 0.25) is 0 Å². The fourth-order valence-electron chi connectivity index (χ4n) is 2.28. The Kier molecular flexibility index (Phi) is 4.15. The lowest BCUT2D eigenvalue weighted by Crippen LogP contribution is -2.42. The van der Waals surface area contributed by atoms with Crippen molar-refractivity contribution in [1.82, 2.24) is 25.4 Å². The van der Waals surface area contributed by atoms with Gasteiger partial charge in [-0.25, -0.2) is 13.1 Å². The van der Waals surface area contributed by atoms with Gasteiger partial charge in [0.15, 0.2) is 5.69 Å². The van der Waals surface area contributed by atoms with Gasteiger partial charge >= 0.3 is 0 Å². The molecule has 1 aromatic rings. The van der Waals surface area contributed by atoms with E-state index in [0.717, 1.165) is 25.5 Å². The summed E-state index contributed by atoms with van der Waals surface area (Å²) in [5, 5.41) is 12.5. The fourth-order valence-corrected chi connectivity index (χ4v) is 2.80. The highest BCUT2D eigenvalue weighted by molar-refractivity contribution is 7.88. The predicted octanol–water partition coefficient (Wildman–Crippen LogP) is -0.748.